The summed E-state index contributed by atoms with van der Waals surface area (Å²) in [7, 11) is 0. The van der Waals surface area contributed by atoms with Gasteiger partial charge in [0.1, 0.15) is 0 Å². The van der Waals surface area contributed by atoms with E-state index < -0.39 is 11.7 Å². The van der Waals surface area contributed by atoms with Crippen molar-refractivity contribution in [1.29, 1.82) is 0 Å². The van der Waals surface area contributed by atoms with Crippen LogP contribution in [0.15, 0.2) is 42.5 Å². The molecule has 4 saturated carbocycles. The maximum Gasteiger partial charge on any atom is 0.288 e. The first-order chi connectivity index (χ1) is 13.5. The van der Waals surface area contributed by atoms with E-state index in [2.05, 4.69) is 5.32 Å². The maximum atomic E-state index is 12.7. The fourth-order valence-corrected chi connectivity index (χ4v) is 6.36. The molecule has 1 N–H and O–H groups in total. The van der Waals surface area contributed by atoms with E-state index in [1.54, 1.807) is 6.07 Å². The molecule has 4 fully saturated rings. The molecule has 0 unspecified atom stereocenters. The zero-order chi connectivity index (χ0) is 19.3. The first kappa shape index (κ1) is 17.6. The van der Waals surface area contributed by atoms with Crippen LogP contribution in [0.2, 0.25) is 0 Å². The molecule has 0 aliphatic heterocycles. The first-order valence-electron chi connectivity index (χ1n) is 10.4. The molecular formula is C24H25NO3. The molecule has 4 aliphatic carbocycles. The normalized spacial score (nSPS) is 30.4. The highest BCUT2D eigenvalue weighted by molar-refractivity contribution is 6.40. The van der Waals surface area contributed by atoms with Gasteiger partial charge in [-0.05, 0) is 67.1 Å². The summed E-state index contributed by atoms with van der Waals surface area (Å²) in [6.07, 6.45) is 6.46. The number of carbonyl (C=O) groups is 3. The second-order valence-corrected chi connectivity index (χ2v) is 9.20. The number of hydrogen-bond donors (Lipinski definition) is 1. The predicted molar refractivity (Wildman–Crippen MR) is 107 cm³/mol. The van der Waals surface area contributed by atoms with Gasteiger partial charge in [-0.25, -0.2) is 0 Å². The van der Waals surface area contributed by atoms with Crippen molar-refractivity contribution in [3.8, 4) is 0 Å². The van der Waals surface area contributed by atoms with Crippen molar-refractivity contribution in [3.05, 3.63) is 48.0 Å². The molecule has 1 amide bonds. The molecule has 2 aromatic rings. The number of fused-ring (bicyclic) bond motifs is 1. The molecule has 0 radical (unpaired) electrons. The van der Waals surface area contributed by atoms with Crippen LogP contribution >= 0.6 is 0 Å². The molecule has 2 aromatic carbocycles. The number of amides is 1. The van der Waals surface area contributed by atoms with Gasteiger partial charge in [-0.3, -0.25) is 14.4 Å². The average molecular weight is 375 g/mol. The smallest absolute Gasteiger partial charge is 0.288 e. The molecule has 28 heavy (non-hydrogen) atoms. The molecular weight excluding hydrogens is 350 g/mol. The highest BCUT2D eigenvalue weighted by Gasteiger charge is 2.51. The van der Waals surface area contributed by atoms with Crippen molar-refractivity contribution in [2.75, 3.05) is 0 Å². The third kappa shape index (κ3) is 3.05. The number of ketones is 2. The molecule has 4 aliphatic rings. The quantitative estimate of drug-likeness (QED) is 0.487. The van der Waals surface area contributed by atoms with Crippen LogP contribution in [0.5, 0.6) is 0 Å². The van der Waals surface area contributed by atoms with Gasteiger partial charge in [0.25, 0.3) is 5.91 Å². The lowest BCUT2D eigenvalue weighted by molar-refractivity contribution is -0.141. The molecule has 0 spiro atoms. The number of hydrogen-bond acceptors (Lipinski definition) is 3. The first-order valence-corrected chi connectivity index (χ1v) is 10.4. The van der Waals surface area contributed by atoms with E-state index >= 15 is 0 Å². The lowest BCUT2D eigenvalue weighted by Crippen LogP contribution is -2.60. The lowest BCUT2D eigenvalue weighted by atomic mass is 9.53. The van der Waals surface area contributed by atoms with Crippen molar-refractivity contribution in [3.63, 3.8) is 0 Å². The average Bonchev–Trinajstić information content (AvgIpc) is 2.66. The second kappa shape index (κ2) is 6.54. The third-order valence-electron chi connectivity index (χ3n) is 7.08. The van der Waals surface area contributed by atoms with E-state index in [1.807, 2.05) is 36.4 Å². The lowest BCUT2D eigenvalue weighted by Gasteiger charge is -2.56. The molecule has 4 nitrogen and oxygen atoms in total. The Balaban J connectivity index is 1.29. The van der Waals surface area contributed by atoms with E-state index in [9.17, 15) is 14.4 Å². The van der Waals surface area contributed by atoms with Crippen molar-refractivity contribution in [1.82, 2.24) is 5.32 Å². The Labute approximate surface area is 164 Å². The molecule has 0 aromatic heterocycles. The zero-order valence-corrected chi connectivity index (χ0v) is 15.9. The van der Waals surface area contributed by atoms with Crippen LogP contribution in [-0.2, 0) is 9.59 Å². The highest BCUT2D eigenvalue weighted by atomic mass is 16.2. The summed E-state index contributed by atoms with van der Waals surface area (Å²) in [4.78, 5) is 37.9. The van der Waals surface area contributed by atoms with Crippen LogP contribution in [0, 0.1) is 17.8 Å². The topological polar surface area (TPSA) is 63.2 Å². The van der Waals surface area contributed by atoms with Crippen LogP contribution in [0.1, 0.15) is 55.3 Å². The number of rotatable bonds is 5. The SMILES string of the molecule is O=C(CC(=O)c1cccc2ccccc12)C(=O)NC12CC3CC(CC(C3)C1)C2. The van der Waals surface area contributed by atoms with Crippen LogP contribution < -0.4 is 5.32 Å². The summed E-state index contributed by atoms with van der Waals surface area (Å²) < 4.78 is 0. The highest BCUT2D eigenvalue weighted by Crippen LogP contribution is 2.55. The Morgan fingerprint density at radius 3 is 2.14 bits per heavy atom. The molecule has 0 atom stereocenters. The number of Topliss-reactive ketones (excluding diaryl/α,β-unsaturated/α-hetero) is 2. The second-order valence-electron chi connectivity index (χ2n) is 9.20. The van der Waals surface area contributed by atoms with Gasteiger partial charge in [0, 0.05) is 11.1 Å². The largest absolute Gasteiger partial charge is 0.344 e. The number of nitrogens with one attached hydrogen (secondary N) is 1. The molecule has 4 heteroatoms. The van der Waals surface area contributed by atoms with Gasteiger partial charge >= 0.3 is 0 Å². The zero-order valence-electron chi connectivity index (χ0n) is 15.9. The Morgan fingerprint density at radius 1 is 0.857 bits per heavy atom. The molecule has 6 rings (SSSR count). The summed E-state index contributed by atoms with van der Waals surface area (Å²) in [5.41, 5.74) is 0.304. The molecule has 144 valence electrons. The van der Waals surface area contributed by atoms with Crippen molar-refractivity contribution in [2.45, 2.75) is 50.5 Å². The maximum absolute atomic E-state index is 12.7. The predicted octanol–water partition coefficient (Wildman–Crippen LogP) is 4.07. The van der Waals surface area contributed by atoms with E-state index in [-0.39, 0.29) is 17.7 Å². The van der Waals surface area contributed by atoms with Crippen molar-refractivity contribution < 1.29 is 14.4 Å². The van der Waals surface area contributed by atoms with Gasteiger partial charge < -0.3 is 5.32 Å². The van der Waals surface area contributed by atoms with Gasteiger partial charge in [0.15, 0.2) is 5.78 Å². The summed E-state index contributed by atoms with van der Waals surface area (Å²) >= 11 is 0. The van der Waals surface area contributed by atoms with Crippen LogP contribution in [0.3, 0.4) is 0 Å². The Hall–Kier alpha value is -2.49. The standard InChI is InChI=1S/C24H25NO3/c26-21(20-7-3-5-18-4-1-2-6-19(18)20)11-22(27)23(28)25-24-12-15-8-16(13-24)10-17(9-15)14-24/h1-7,15-17H,8-14H2,(H,25,28). The molecule has 0 saturated heterocycles. The van der Waals surface area contributed by atoms with E-state index in [4.69, 9.17) is 0 Å². The summed E-state index contributed by atoms with van der Waals surface area (Å²) in [6, 6.07) is 13.1. The summed E-state index contributed by atoms with van der Waals surface area (Å²) in [6.45, 7) is 0. The number of carbonyl (C=O) groups excluding carboxylic acids is 3. The van der Waals surface area contributed by atoms with E-state index in [0.29, 0.717) is 23.3 Å². The molecule has 0 heterocycles. The fraction of sp³-hybridized carbons (Fsp3) is 0.458. The van der Waals surface area contributed by atoms with Crippen molar-refractivity contribution >= 4 is 28.2 Å². The van der Waals surface area contributed by atoms with Crippen LogP contribution in [0.4, 0.5) is 0 Å². The Morgan fingerprint density at radius 2 is 1.46 bits per heavy atom. The minimum atomic E-state index is -0.617. The molecule has 4 bridgehead atoms. The van der Waals surface area contributed by atoms with Gasteiger partial charge in [-0.2, -0.15) is 0 Å². The fourth-order valence-electron chi connectivity index (χ4n) is 6.36. The van der Waals surface area contributed by atoms with Crippen LogP contribution in [-0.4, -0.2) is 23.0 Å². The van der Waals surface area contributed by atoms with Crippen LogP contribution in [0.25, 0.3) is 10.8 Å². The Bertz CT molecular complexity index is 936. The van der Waals surface area contributed by atoms with Crippen molar-refractivity contribution in [2.24, 2.45) is 17.8 Å². The van der Waals surface area contributed by atoms with E-state index in [1.165, 1.54) is 19.3 Å². The van der Waals surface area contributed by atoms with Gasteiger partial charge in [0.2, 0.25) is 5.78 Å². The van der Waals surface area contributed by atoms with Gasteiger partial charge in [-0.1, -0.05) is 42.5 Å². The monoisotopic (exact) mass is 375 g/mol. The minimum Gasteiger partial charge on any atom is -0.344 e. The number of benzene rings is 2. The Kier molecular flexibility index (Phi) is 4.11. The minimum absolute atomic E-state index is 0.204. The third-order valence-corrected chi connectivity index (χ3v) is 7.08. The van der Waals surface area contributed by atoms with E-state index in [0.717, 1.165) is 30.0 Å². The van der Waals surface area contributed by atoms with Gasteiger partial charge in [-0.15, -0.1) is 0 Å². The summed E-state index contributed by atoms with van der Waals surface area (Å²) in [5, 5.41) is 4.86. The summed E-state index contributed by atoms with van der Waals surface area (Å²) in [5.74, 6) is 0.601. The van der Waals surface area contributed by atoms with Gasteiger partial charge in [0.05, 0.1) is 6.42 Å².